The van der Waals surface area contributed by atoms with E-state index >= 15 is 0 Å². The van der Waals surface area contributed by atoms with Gasteiger partial charge in [-0.1, -0.05) is 23.2 Å². The molecule has 1 saturated heterocycles. The Morgan fingerprint density at radius 1 is 1.12 bits per heavy atom. The first-order valence-corrected chi connectivity index (χ1v) is 8.61. The number of methoxy groups -OCH3 is 1. The van der Waals surface area contributed by atoms with Crippen LogP contribution < -0.4 is 15.0 Å². The van der Waals surface area contributed by atoms with Crippen LogP contribution >= 0.6 is 23.2 Å². The highest BCUT2D eigenvalue weighted by molar-refractivity contribution is 6.34. The zero-order valence-corrected chi connectivity index (χ0v) is 15.2. The van der Waals surface area contributed by atoms with Crippen molar-refractivity contribution in [3.05, 3.63) is 52.0 Å². The molecule has 0 aliphatic carbocycles. The van der Waals surface area contributed by atoms with Gasteiger partial charge in [-0.2, -0.15) is 0 Å². The third-order valence-electron chi connectivity index (χ3n) is 3.97. The molecule has 1 amide bonds. The minimum atomic E-state index is -0.264. The number of ether oxygens (including phenoxy) is 2. The molecule has 0 saturated carbocycles. The average Bonchev–Trinajstić information content (AvgIpc) is 2.62. The smallest absolute Gasteiger partial charge is 0.255 e. The third-order valence-corrected chi connectivity index (χ3v) is 4.57. The van der Waals surface area contributed by atoms with Gasteiger partial charge in [0, 0.05) is 24.3 Å². The van der Waals surface area contributed by atoms with E-state index in [1.54, 1.807) is 24.3 Å². The number of hydrogen-bond acceptors (Lipinski definition) is 4. The van der Waals surface area contributed by atoms with Crippen LogP contribution in [0, 0.1) is 0 Å². The fraction of sp³-hybridized carbons (Fsp3) is 0.278. The molecule has 1 aliphatic heterocycles. The molecule has 1 N–H and O–H groups in total. The number of carbonyl (C=O) groups is 1. The first-order chi connectivity index (χ1) is 12.1. The van der Waals surface area contributed by atoms with Crippen LogP contribution in [0.4, 0.5) is 11.4 Å². The van der Waals surface area contributed by atoms with Gasteiger partial charge in [-0.05, 0) is 36.4 Å². The van der Waals surface area contributed by atoms with Crippen LogP contribution in [0.1, 0.15) is 10.4 Å². The normalized spacial score (nSPS) is 14.3. The van der Waals surface area contributed by atoms with E-state index < -0.39 is 0 Å². The van der Waals surface area contributed by atoms with E-state index in [2.05, 4.69) is 10.2 Å². The zero-order valence-electron chi connectivity index (χ0n) is 13.7. The van der Waals surface area contributed by atoms with E-state index in [9.17, 15) is 4.79 Å². The van der Waals surface area contributed by atoms with E-state index in [1.807, 2.05) is 12.1 Å². The summed E-state index contributed by atoms with van der Waals surface area (Å²) in [7, 11) is 1.53. The van der Waals surface area contributed by atoms with Crippen molar-refractivity contribution < 1.29 is 14.3 Å². The Morgan fingerprint density at radius 2 is 1.88 bits per heavy atom. The third kappa shape index (κ3) is 4.18. The first kappa shape index (κ1) is 17.9. The van der Waals surface area contributed by atoms with Crippen molar-refractivity contribution in [3.8, 4) is 5.75 Å². The summed E-state index contributed by atoms with van der Waals surface area (Å²) in [6, 6.07) is 10.4. The number of benzene rings is 2. The van der Waals surface area contributed by atoms with Crippen molar-refractivity contribution >= 4 is 40.5 Å². The second kappa shape index (κ2) is 7.95. The van der Waals surface area contributed by atoms with Gasteiger partial charge in [0.25, 0.3) is 5.91 Å². The quantitative estimate of drug-likeness (QED) is 0.867. The van der Waals surface area contributed by atoms with Gasteiger partial charge in [0.1, 0.15) is 5.75 Å². The molecule has 132 valence electrons. The van der Waals surface area contributed by atoms with Gasteiger partial charge in [-0.15, -0.1) is 0 Å². The monoisotopic (exact) mass is 380 g/mol. The van der Waals surface area contributed by atoms with E-state index in [0.717, 1.165) is 18.8 Å². The summed E-state index contributed by atoms with van der Waals surface area (Å²) >= 11 is 12.5. The van der Waals surface area contributed by atoms with Crippen LogP contribution in [0.3, 0.4) is 0 Å². The fourth-order valence-electron chi connectivity index (χ4n) is 2.66. The summed E-state index contributed by atoms with van der Waals surface area (Å²) in [6.07, 6.45) is 0. The average molecular weight is 381 g/mol. The van der Waals surface area contributed by atoms with Gasteiger partial charge in [-0.25, -0.2) is 0 Å². The maximum absolute atomic E-state index is 12.4. The Balaban J connectivity index is 1.73. The topological polar surface area (TPSA) is 50.8 Å². The maximum atomic E-state index is 12.4. The Kier molecular flexibility index (Phi) is 5.68. The summed E-state index contributed by atoms with van der Waals surface area (Å²) < 4.78 is 10.4. The molecule has 2 aromatic carbocycles. The van der Waals surface area contributed by atoms with Crippen LogP contribution in [0.2, 0.25) is 10.0 Å². The van der Waals surface area contributed by atoms with Gasteiger partial charge in [0.05, 0.1) is 36.1 Å². The van der Waals surface area contributed by atoms with Crippen molar-refractivity contribution in [1.82, 2.24) is 0 Å². The molecule has 5 nitrogen and oxygen atoms in total. The van der Waals surface area contributed by atoms with E-state index in [1.165, 1.54) is 7.11 Å². The molecule has 7 heteroatoms. The predicted octanol–water partition coefficient (Wildman–Crippen LogP) is 4.09. The molecular formula is C18H18Cl2N2O3. The highest BCUT2D eigenvalue weighted by atomic mass is 35.5. The molecule has 0 unspecified atom stereocenters. The van der Waals surface area contributed by atoms with Gasteiger partial charge in [-0.3, -0.25) is 4.79 Å². The van der Waals surface area contributed by atoms with E-state index in [0.29, 0.717) is 40.3 Å². The van der Waals surface area contributed by atoms with E-state index in [4.69, 9.17) is 32.7 Å². The van der Waals surface area contributed by atoms with Crippen molar-refractivity contribution in [2.75, 3.05) is 43.6 Å². The standard InChI is InChI=1S/C18H18Cl2N2O3/c1-24-17-5-2-12(10-15(17)20)18(23)21-13-3-4-16(14(19)11-13)22-6-8-25-9-7-22/h2-5,10-11H,6-9H2,1H3,(H,21,23). The zero-order chi connectivity index (χ0) is 17.8. The summed E-state index contributed by atoms with van der Waals surface area (Å²) in [4.78, 5) is 14.6. The molecule has 3 rings (SSSR count). The maximum Gasteiger partial charge on any atom is 0.255 e. The number of amides is 1. The number of hydrogen-bond donors (Lipinski definition) is 1. The molecule has 1 heterocycles. The number of nitrogens with one attached hydrogen (secondary N) is 1. The van der Waals surface area contributed by atoms with Crippen LogP contribution in [0.5, 0.6) is 5.75 Å². The minimum Gasteiger partial charge on any atom is -0.495 e. The number of nitrogens with zero attached hydrogens (tertiary/aromatic N) is 1. The summed E-state index contributed by atoms with van der Waals surface area (Å²) in [5, 5.41) is 3.80. The van der Waals surface area contributed by atoms with Crippen molar-refractivity contribution in [2.24, 2.45) is 0 Å². The van der Waals surface area contributed by atoms with Crippen LogP contribution in [-0.4, -0.2) is 39.3 Å². The van der Waals surface area contributed by atoms with Gasteiger partial charge >= 0.3 is 0 Å². The molecule has 0 spiro atoms. The number of morpholine rings is 1. The minimum absolute atomic E-state index is 0.264. The van der Waals surface area contributed by atoms with E-state index in [-0.39, 0.29) is 5.91 Å². The second-order valence-corrected chi connectivity index (χ2v) is 6.38. The lowest BCUT2D eigenvalue weighted by molar-refractivity contribution is 0.102. The summed E-state index contributed by atoms with van der Waals surface area (Å²) in [5.41, 5.74) is 2.01. The molecule has 0 aromatic heterocycles. The summed E-state index contributed by atoms with van der Waals surface area (Å²) in [6.45, 7) is 2.98. The molecule has 25 heavy (non-hydrogen) atoms. The van der Waals surface area contributed by atoms with Crippen LogP contribution in [-0.2, 0) is 4.74 Å². The number of rotatable bonds is 4. The lowest BCUT2D eigenvalue weighted by Crippen LogP contribution is -2.36. The van der Waals surface area contributed by atoms with Gasteiger partial charge in [0.2, 0.25) is 0 Å². The molecule has 1 fully saturated rings. The highest BCUT2D eigenvalue weighted by Gasteiger charge is 2.15. The number of anilines is 2. The van der Waals surface area contributed by atoms with Gasteiger partial charge in [0.15, 0.2) is 0 Å². The number of halogens is 2. The van der Waals surface area contributed by atoms with Crippen LogP contribution in [0.25, 0.3) is 0 Å². The highest BCUT2D eigenvalue weighted by Crippen LogP contribution is 2.30. The van der Waals surface area contributed by atoms with Crippen LogP contribution in [0.15, 0.2) is 36.4 Å². The Bertz CT molecular complexity index is 777. The Hall–Kier alpha value is -1.95. The van der Waals surface area contributed by atoms with Crippen molar-refractivity contribution in [3.63, 3.8) is 0 Å². The first-order valence-electron chi connectivity index (χ1n) is 7.85. The molecular weight excluding hydrogens is 363 g/mol. The van der Waals surface area contributed by atoms with Crippen molar-refractivity contribution in [1.29, 1.82) is 0 Å². The lowest BCUT2D eigenvalue weighted by atomic mass is 10.2. The second-order valence-electron chi connectivity index (χ2n) is 5.57. The fourth-order valence-corrected chi connectivity index (χ4v) is 3.21. The lowest BCUT2D eigenvalue weighted by Gasteiger charge is -2.29. The largest absolute Gasteiger partial charge is 0.495 e. The summed E-state index contributed by atoms with van der Waals surface area (Å²) in [5.74, 6) is 0.260. The molecule has 0 atom stereocenters. The van der Waals surface area contributed by atoms with Gasteiger partial charge < -0.3 is 19.7 Å². The molecule has 0 radical (unpaired) electrons. The molecule has 0 bridgehead atoms. The number of carbonyl (C=O) groups excluding carboxylic acids is 1. The SMILES string of the molecule is COc1ccc(C(=O)Nc2ccc(N3CCOCC3)c(Cl)c2)cc1Cl. The Morgan fingerprint density at radius 3 is 2.52 bits per heavy atom. The molecule has 1 aliphatic rings. The molecule has 2 aromatic rings. The predicted molar refractivity (Wildman–Crippen MR) is 100 cm³/mol. The Labute approximate surface area is 156 Å². The van der Waals surface area contributed by atoms with Crippen molar-refractivity contribution in [2.45, 2.75) is 0 Å².